The summed E-state index contributed by atoms with van der Waals surface area (Å²) in [6.45, 7) is 21.8. The van der Waals surface area contributed by atoms with Gasteiger partial charge in [-0.1, -0.05) is 91.5 Å². The molecule has 0 saturated heterocycles. The number of rotatable bonds is 6. The molecule has 2 aliphatic carbocycles. The van der Waals surface area contributed by atoms with Gasteiger partial charge in [-0.3, -0.25) is 0 Å². The fourth-order valence-electron chi connectivity index (χ4n) is 1.92. The Morgan fingerprint density at radius 2 is 1.38 bits per heavy atom. The van der Waals surface area contributed by atoms with E-state index in [0.717, 1.165) is 25.7 Å². The van der Waals surface area contributed by atoms with Crippen LogP contribution in [0.15, 0.2) is 111 Å². The van der Waals surface area contributed by atoms with Crippen molar-refractivity contribution in [3.8, 4) is 0 Å². The van der Waals surface area contributed by atoms with Gasteiger partial charge in [-0.2, -0.15) is 0 Å². The van der Waals surface area contributed by atoms with Crippen LogP contribution in [0.2, 0.25) is 0 Å². The molecule has 0 N–H and O–H groups in total. The predicted molar refractivity (Wildman–Crippen MR) is 139 cm³/mol. The lowest BCUT2D eigenvalue weighted by Crippen LogP contribution is -1.86. The first kappa shape index (κ1) is 31.4. The third-order valence-corrected chi connectivity index (χ3v) is 3.65. The molecule has 1 unspecified atom stereocenters. The molecule has 2 rings (SSSR count). The predicted octanol–water partition coefficient (Wildman–Crippen LogP) is 9.89. The van der Waals surface area contributed by atoms with Gasteiger partial charge < -0.3 is 0 Å². The highest BCUT2D eigenvalue weighted by atomic mass is 14.0. The highest BCUT2D eigenvalue weighted by Crippen LogP contribution is 2.07. The van der Waals surface area contributed by atoms with E-state index in [4.69, 9.17) is 0 Å². The fraction of sp³-hybridized carbons (Fsp3) is 0.379. The van der Waals surface area contributed by atoms with Crippen molar-refractivity contribution in [3.05, 3.63) is 111 Å². The minimum Gasteiger partial charge on any atom is -0.106 e. The fourth-order valence-corrected chi connectivity index (χ4v) is 1.92. The average Bonchev–Trinajstić information content (AvgIpc) is 3.36. The van der Waals surface area contributed by atoms with Crippen LogP contribution < -0.4 is 0 Å². The van der Waals surface area contributed by atoms with E-state index in [9.17, 15) is 0 Å². The second-order valence-corrected chi connectivity index (χ2v) is 6.67. The van der Waals surface area contributed by atoms with Crippen LogP contribution in [0.4, 0.5) is 0 Å². The zero-order chi connectivity index (χ0) is 22.6. The summed E-state index contributed by atoms with van der Waals surface area (Å²) >= 11 is 0. The van der Waals surface area contributed by atoms with E-state index in [1.54, 1.807) is 0 Å². The second kappa shape index (κ2) is 30.4. The monoisotopic (exact) mass is 394 g/mol. The van der Waals surface area contributed by atoms with Crippen molar-refractivity contribution in [2.24, 2.45) is 5.92 Å². The molecule has 0 saturated carbocycles. The van der Waals surface area contributed by atoms with E-state index in [-0.39, 0.29) is 0 Å². The maximum absolute atomic E-state index is 3.74. The Morgan fingerprint density at radius 1 is 0.897 bits per heavy atom. The molecule has 0 bridgehead atoms. The summed E-state index contributed by atoms with van der Waals surface area (Å²) in [7, 11) is 0. The number of hydrogen-bond donors (Lipinski definition) is 0. The van der Waals surface area contributed by atoms with Crippen molar-refractivity contribution in [1.29, 1.82) is 0 Å². The summed E-state index contributed by atoms with van der Waals surface area (Å²) in [5, 5.41) is 0. The van der Waals surface area contributed by atoms with Gasteiger partial charge in [0.2, 0.25) is 0 Å². The molecule has 0 heterocycles. The molecule has 0 heteroatoms. The van der Waals surface area contributed by atoms with E-state index in [0.29, 0.717) is 5.92 Å². The van der Waals surface area contributed by atoms with E-state index < -0.39 is 0 Å². The summed E-state index contributed by atoms with van der Waals surface area (Å²) in [6.07, 6.45) is 34.2. The van der Waals surface area contributed by atoms with Crippen LogP contribution >= 0.6 is 0 Å². The van der Waals surface area contributed by atoms with Crippen molar-refractivity contribution in [2.45, 2.75) is 66.2 Å². The first-order valence-corrected chi connectivity index (χ1v) is 10.7. The zero-order valence-corrected chi connectivity index (χ0v) is 19.7. The highest BCUT2D eigenvalue weighted by molar-refractivity contribution is 5.12. The van der Waals surface area contributed by atoms with Gasteiger partial charge >= 0.3 is 0 Å². The van der Waals surface area contributed by atoms with Crippen molar-refractivity contribution in [1.82, 2.24) is 0 Å². The third kappa shape index (κ3) is 37.2. The van der Waals surface area contributed by atoms with Crippen LogP contribution in [-0.2, 0) is 0 Å². The average molecular weight is 395 g/mol. The van der Waals surface area contributed by atoms with Gasteiger partial charge in [0.05, 0.1) is 0 Å². The SMILES string of the molecule is C1=CCC=C1.C1=CCC=CC1.C=C.C=CC(C)CCC=C(C)C.C=CCC=CC. The Balaban J connectivity index is -0.000000311. The van der Waals surface area contributed by atoms with Crippen LogP contribution in [0.1, 0.15) is 66.2 Å². The minimum absolute atomic E-state index is 0.663. The van der Waals surface area contributed by atoms with Crippen LogP contribution in [0.5, 0.6) is 0 Å². The van der Waals surface area contributed by atoms with Gasteiger partial charge in [0.25, 0.3) is 0 Å². The largest absolute Gasteiger partial charge is 0.106 e. The third-order valence-electron chi connectivity index (χ3n) is 3.65. The van der Waals surface area contributed by atoms with Crippen LogP contribution in [0, 0.1) is 5.92 Å². The zero-order valence-electron chi connectivity index (χ0n) is 19.7. The lowest BCUT2D eigenvalue weighted by atomic mass is 10.1. The van der Waals surface area contributed by atoms with Crippen molar-refractivity contribution >= 4 is 0 Å². The second-order valence-electron chi connectivity index (χ2n) is 6.67. The molecule has 29 heavy (non-hydrogen) atoms. The molecule has 0 radical (unpaired) electrons. The summed E-state index contributed by atoms with van der Waals surface area (Å²) in [4.78, 5) is 0. The topological polar surface area (TPSA) is 0 Å². The van der Waals surface area contributed by atoms with E-state index in [1.807, 2.05) is 25.2 Å². The smallest absolute Gasteiger partial charge is 0.0163 e. The molecule has 0 aromatic carbocycles. The number of hydrogen-bond acceptors (Lipinski definition) is 0. The molecule has 162 valence electrons. The maximum atomic E-state index is 3.74. The lowest BCUT2D eigenvalue weighted by Gasteiger charge is -2.01. The Labute approximate surface area is 183 Å². The Morgan fingerprint density at radius 3 is 1.62 bits per heavy atom. The van der Waals surface area contributed by atoms with Gasteiger partial charge in [-0.25, -0.2) is 0 Å². The molecule has 0 aliphatic heterocycles. The van der Waals surface area contributed by atoms with Gasteiger partial charge in [0.15, 0.2) is 0 Å². The van der Waals surface area contributed by atoms with E-state index >= 15 is 0 Å². The molecular weight excluding hydrogens is 348 g/mol. The Bertz CT molecular complexity index is 486. The van der Waals surface area contributed by atoms with Crippen molar-refractivity contribution in [2.75, 3.05) is 0 Å². The van der Waals surface area contributed by atoms with Gasteiger partial charge in [0, 0.05) is 0 Å². The van der Waals surface area contributed by atoms with Gasteiger partial charge in [-0.15, -0.1) is 26.3 Å². The van der Waals surface area contributed by atoms with Crippen molar-refractivity contribution in [3.63, 3.8) is 0 Å². The molecule has 1 atom stereocenters. The van der Waals surface area contributed by atoms with E-state index in [1.165, 1.54) is 18.4 Å². The summed E-state index contributed by atoms with van der Waals surface area (Å²) in [6, 6.07) is 0. The normalized spacial score (nSPS) is 13.2. The van der Waals surface area contributed by atoms with Gasteiger partial charge in [0.1, 0.15) is 0 Å². The quantitative estimate of drug-likeness (QED) is 0.393. The summed E-state index contributed by atoms with van der Waals surface area (Å²) < 4.78 is 0. The summed E-state index contributed by atoms with van der Waals surface area (Å²) in [5.41, 5.74) is 1.41. The lowest BCUT2D eigenvalue weighted by molar-refractivity contribution is 0.658. The van der Waals surface area contributed by atoms with Crippen LogP contribution in [-0.4, -0.2) is 0 Å². The minimum atomic E-state index is 0.663. The first-order chi connectivity index (χ1) is 14.1. The molecular formula is C29H46. The van der Waals surface area contributed by atoms with Crippen LogP contribution in [0.3, 0.4) is 0 Å². The molecule has 2 aliphatic rings. The van der Waals surface area contributed by atoms with Crippen molar-refractivity contribution < 1.29 is 0 Å². The van der Waals surface area contributed by atoms with Gasteiger partial charge in [-0.05, 0) is 65.2 Å². The van der Waals surface area contributed by atoms with Crippen LogP contribution in [0.25, 0.3) is 0 Å². The number of allylic oxidation sites excluding steroid dienone is 14. The van der Waals surface area contributed by atoms with E-state index in [2.05, 4.69) is 108 Å². The Hall–Kier alpha value is -2.34. The first-order valence-electron chi connectivity index (χ1n) is 10.7. The molecule has 0 amide bonds. The summed E-state index contributed by atoms with van der Waals surface area (Å²) in [5.74, 6) is 0.663. The molecule has 0 aromatic heterocycles. The molecule has 0 nitrogen and oxygen atoms in total. The Kier molecular flexibility index (Phi) is 32.9. The molecule has 0 aromatic rings. The maximum Gasteiger partial charge on any atom is -0.0163 e. The highest BCUT2D eigenvalue weighted by Gasteiger charge is 1.92. The molecule has 0 fully saturated rings. The molecule has 0 spiro atoms. The standard InChI is InChI=1S/C10H18.C6H8.C6H10.C5H6.C2H4/c1-5-10(4)8-6-7-9(2)3;1-2-4-6-5-3-1;1-3-5-6-4-2;1-2-4-5-3-1;1-2/h5,7,10H,1,6,8H2,2-4H3;1-2,5-6H,3-4H2;3-4,6H,1,5H2,2H3;1-4H,5H2;1-2H2.